The van der Waals surface area contributed by atoms with Crippen LogP contribution < -0.4 is 11.1 Å². The summed E-state index contributed by atoms with van der Waals surface area (Å²) in [4.78, 5) is 11.8. The molecular formula is C15H20N2O. The van der Waals surface area contributed by atoms with E-state index in [-0.39, 0.29) is 11.4 Å². The molecule has 0 bridgehead atoms. The summed E-state index contributed by atoms with van der Waals surface area (Å²) >= 11 is 0. The monoisotopic (exact) mass is 244 g/mol. The van der Waals surface area contributed by atoms with Gasteiger partial charge in [0, 0.05) is 11.6 Å². The summed E-state index contributed by atoms with van der Waals surface area (Å²) in [5.41, 5.74) is 8.32. The average molecular weight is 244 g/mol. The van der Waals surface area contributed by atoms with Crippen LogP contribution in [0.4, 0.5) is 0 Å². The first-order valence-electron chi connectivity index (χ1n) is 6.83. The van der Waals surface area contributed by atoms with Gasteiger partial charge >= 0.3 is 0 Å². The maximum absolute atomic E-state index is 11.8. The number of benzene rings is 1. The van der Waals surface area contributed by atoms with Gasteiger partial charge < -0.3 is 11.1 Å². The number of hydrogen-bond donors (Lipinski definition) is 2. The van der Waals surface area contributed by atoms with Crippen molar-refractivity contribution < 1.29 is 4.79 Å². The van der Waals surface area contributed by atoms with Gasteiger partial charge in [-0.3, -0.25) is 4.79 Å². The van der Waals surface area contributed by atoms with Crippen molar-refractivity contribution in [2.45, 2.75) is 50.1 Å². The molecule has 0 aliphatic heterocycles. The third kappa shape index (κ3) is 2.41. The summed E-state index contributed by atoms with van der Waals surface area (Å²) in [5.74, 6) is 0.140. The van der Waals surface area contributed by atoms with Crippen LogP contribution in [0.1, 0.15) is 43.2 Å². The second-order valence-electron chi connectivity index (χ2n) is 5.73. The Hall–Kier alpha value is -1.35. The molecular weight excluding hydrogens is 224 g/mol. The summed E-state index contributed by atoms with van der Waals surface area (Å²) in [6.07, 6.45) is 6.16. The number of rotatable bonds is 4. The third-order valence-corrected chi connectivity index (χ3v) is 4.15. The highest BCUT2D eigenvalue weighted by atomic mass is 16.1. The van der Waals surface area contributed by atoms with E-state index in [2.05, 4.69) is 17.4 Å². The zero-order chi connectivity index (χ0) is 12.6. The summed E-state index contributed by atoms with van der Waals surface area (Å²) in [7, 11) is 0. The summed E-state index contributed by atoms with van der Waals surface area (Å²) in [6.45, 7) is 0. The second-order valence-corrected chi connectivity index (χ2v) is 5.73. The van der Waals surface area contributed by atoms with Crippen molar-refractivity contribution in [3.63, 3.8) is 0 Å². The molecule has 0 unspecified atom stereocenters. The van der Waals surface area contributed by atoms with Gasteiger partial charge in [-0.25, -0.2) is 0 Å². The highest BCUT2D eigenvalue weighted by Crippen LogP contribution is 2.42. The Balaban J connectivity index is 1.57. The van der Waals surface area contributed by atoms with Crippen LogP contribution in [0.25, 0.3) is 0 Å². The molecule has 3 nitrogen and oxygen atoms in total. The molecule has 0 saturated heterocycles. The minimum absolute atomic E-state index is 0.0767. The summed E-state index contributed by atoms with van der Waals surface area (Å²) in [6, 6.07) is 8.62. The number of carbonyl (C=O) groups excluding carboxylic acids is 1. The molecule has 1 amide bonds. The minimum atomic E-state index is -0.0767. The van der Waals surface area contributed by atoms with Crippen molar-refractivity contribution >= 4 is 5.91 Å². The minimum Gasteiger partial charge on any atom is -0.353 e. The van der Waals surface area contributed by atoms with E-state index in [1.54, 1.807) is 0 Å². The van der Waals surface area contributed by atoms with Gasteiger partial charge in [-0.05, 0) is 43.2 Å². The van der Waals surface area contributed by atoms with Crippen molar-refractivity contribution in [1.29, 1.82) is 0 Å². The van der Waals surface area contributed by atoms with Crippen molar-refractivity contribution in [2.75, 3.05) is 0 Å². The molecule has 2 fully saturated rings. The average Bonchev–Trinajstić information content (AvgIpc) is 3.04. The van der Waals surface area contributed by atoms with Crippen LogP contribution in [0.3, 0.4) is 0 Å². The molecule has 3 rings (SSSR count). The van der Waals surface area contributed by atoms with Gasteiger partial charge in [-0.1, -0.05) is 24.3 Å². The lowest BCUT2D eigenvalue weighted by molar-refractivity contribution is -0.121. The molecule has 2 aliphatic carbocycles. The quantitative estimate of drug-likeness (QED) is 0.849. The first-order valence-corrected chi connectivity index (χ1v) is 6.83. The molecule has 0 aromatic heterocycles. The van der Waals surface area contributed by atoms with Crippen LogP contribution in [0, 0.1) is 0 Å². The number of nitrogens with two attached hydrogens (primary N) is 1. The molecule has 3 N–H and O–H groups in total. The fraction of sp³-hybridized carbons (Fsp3) is 0.533. The first-order chi connectivity index (χ1) is 8.66. The van der Waals surface area contributed by atoms with Crippen LogP contribution in [0.5, 0.6) is 0 Å². The smallest absolute Gasteiger partial charge is 0.224 e. The summed E-state index contributed by atoms with van der Waals surface area (Å²) in [5, 5.41) is 3.06. The number of hydrogen-bond acceptors (Lipinski definition) is 2. The zero-order valence-corrected chi connectivity index (χ0v) is 10.6. The summed E-state index contributed by atoms with van der Waals surface area (Å²) < 4.78 is 0. The fourth-order valence-electron chi connectivity index (χ4n) is 2.39. The first kappa shape index (κ1) is 11.7. The van der Waals surface area contributed by atoms with Crippen LogP contribution in [-0.2, 0) is 16.8 Å². The SMILES string of the molecule is NC1(c2ccc(CC(=O)NC3CCC3)cc2)CC1. The predicted molar refractivity (Wildman–Crippen MR) is 71.0 cm³/mol. The van der Waals surface area contributed by atoms with Crippen LogP contribution in [0.2, 0.25) is 0 Å². The fourth-order valence-corrected chi connectivity index (χ4v) is 2.39. The van der Waals surface area contributed by atoms with Crippen molar-refractivity contribution in [1.82, 2.24) is 5.32 Å². The molecule has 3 heteroatoms. The van der Waals surface area contributed by atoms with Crippen LogP contribution in [-0.4, -0.2) is 11.9 Å². The molecule has 0 spiro atoms. The normalized spacial score (nSPS) is 21.2. The molecule has 0 heterocycles. The molecule has 0 radical (unpaired) electrons. The molecule has 1 aromatic carbocycles. The van der Waals surface area contributed by atoms with Gasteiger partial charge in [0.05, 0.1) is 6.42 Å². The molecule has 0 atom stereocenters. The Morgan fingerprint density at radius 1 is 1.28 bits per heavy atom. The maximum Gasteiger partial charge on any atom is 0.224 e. The van der Waals surface area contributed by atoms with Gasteiger partial charge in [0.1, 0.15) is 0 Å². The van der Waals surface area contributed by atoms with E-state index in [9.17, 15) is 4.79 Å². The Kier molecular flexibility index (Phi) is 2.86. The molecule has 18 heavy (non-hydrogen) atoms. The van der Waals surface area contributed by atoms with E-state index in [0.717, 1.165) is 31.2 Å². The van der Waals surface area contributed by atoms with Gasteiger partial charge in [0.15, 0.2) is 0 Å². The van der Waals surface area contributed by atoms with Crippen LogP contribution >= 0.6 is 0 Å². The number of carbonyl (C=O) groups is 1. The van der Waals surface area contributed by atoms with Crippen LogP contribution in [0.15, 0.2) is 24.3 Å². The van der Waals surface area contributed by atoms with Crippen molar-refractivity contribution in [3.8, 4) is 0 Å². The molecule has 2 saturated carbocycles. The van der Waals surface area contributed by atoms with Crippen molar-refractivity contribution in [2.24, 2.45) is 5.73 Å². The molecule has 96 valence electrons. The zero-order valence-electron chi connectivity index (χ0n) is 10.6. The lowest BCUT2D eigenvalue weighted by atomic mass is 9.93. The Labute approximate surface area is 108 Å². The lowest BCUT2D eigenvalue weighted by Gasteiger charge is -2.26. The Morgan fingerprint density at radius 3 is 2.44 bits per heavy atom. The van der Waals surface area contributed by atoms with E-state index in [4.69, 9.17) is 5.73 Å². The largest absolute Gasteiger partial charge is 0.353 e. The van der Waals surface area contributed by atoms with E-state index < -0.39 is 0 Å². The van der Waals surface area contributed by atoms with Gasteiger partial charge in [-0.2, -0.15) is 0 Å². The van der Waals surface area contributed by atoms with E-state index in [1.165, 1.54) is 12.0 Å². The van der Waals surface area contributed by atoms with Gasteiger partial charge in [-0.15, -0.1) is 0 Å². The predicted octanol–water partition coefficient (Wildman–Crippen LogP) is 1.85. The molecule has 1 aromatic rings. The van der Waals surface area contributed by atoms with E-state index >= 15 is 0 Å². The molecule has 2 aliphatic rings. The highest BCUT2D eigenvalue weighted by Gasteiger charge is 2.39. The third-order valence-electron chi connectivity index (χ3n) is 4.15. The number of amides is 1. The number of nitrogens with one attached hydrogen (secondary N) is 1. The van der Waals surface area contributed by atoms with Gasteiger partial charge in [0.2, 0.25) is 5.91 Å². The lowest BCUT2D eigenvalue weighted by Crippen LogP contribution is -2.40. The standard InChI is InChI=1S/C15H20N2O/c16-15(8-9-15)12-6-4-11(5-7-12)10-14(18)17-13-2-1-3-13/h4-7,13H,1-3,8-10,16H2,(H,17,18). The maximum atomic E-state index is 11.8. The van der Waals surface area contributed by atoms with Crippen molar-refractivity contribution in [3.05, 3.63) is 35.4 Å². The van der Waals surface area contributed by atoms with Gasteiger partial charge in [0.25, 0.3) is 0 Å². The Morgan fingerprint density at radius 2 is 1.94 bits per heavy atom. The topological polar surface area (TPSA) is 55.1 Å². The second kappa shape index (κ2) is 4.39. The van der Waals surface area contributed by atoms with E-state index in [0.29, 0.717) is 12.5 Å². The van der Waals surface area contributed by atoms with E-state index in [1.807, 2.05) is 12.1 Å². The highest BCUT2D eigenvalue weighted by molar-refractivity contribution is 5.78. The Bertz CT molecular complexity index is 444.